The zero-order valence-corrected chi connectivity index (χ0v) is 12.4. The highest BCUT2D eigenvalue weighted by molar-refractivity contribution is 5.37. The summed E-state index contributed by atoms with van der Waals surface area (Å²) in [4.78, 5) is 2.50. The first kappa shape index (κ1) is 15.0. The third kappa shape index (κ3) is 4.33. The van der Waals surface area contributed by atoms with Gasteiger partial charge in [-0.05, 0) is 44.0 Å². The second-order valence-corrected chi connectivity index (χ2v) is 5.65. The molecule has 20 heavy (non-hydrogen) atoms. The molecule has 1 unspecified atom stereocenters. The summed E-state index contributed by atoms with van der Waals surface area (Å²) in [5, 5.41) is 12.8. The quantitative estimate of drug-likeness (QED) is 0.829. The Balaban J connectivity index is 2.00. The third-order valence-corrected chi connectivity index (χ3v) is 4.00. The van der Waals surface area contributed by atoms with Gasteiger partial charge >= 0.3 is 0 Å². The predicted molar refractivity (Wildman–Crippen MR) is 82.4 cm³/mol. The van der Waals surface area contributed by atoms with Gasteiger partial charge in [-0.3, -0.25) is 4.90 Å². The highest BCUT2D eigenvalue weighted by Crippen LogP contribution is 2.14. The number of unbranched alkanes of at least 4 members (excludes halogenated alkanes) is 1. The summed E-state index contributed by atoms with van der Waals surface area (Å²) in [6.07, 6.45) is 5.01. The molecule has 1 atom stereocenters. The van der Waals surface area contributed by atoms with Crippen molar-refractivity contribution in [2.45, 2.75) is 45.2 Å². The van der Waals surface area contributed by atoms with Crippen LogP contribution >= 0.6 is 0 Å². The number of hydrogen-bond donors (Lipinski definition) is 1. The highest BCUT2D eigenvalue weighted by Gasteiger charge is 2.18. The van der Waals surface area contributed by atoms with Crippen LogP contribution in [0.5, 0.6) is 0 Å². The summed E-state index contributed by atoms with van der Waals surface area (Å²) in [6.45, 7) is 6.49. The van der Waals surface area contributed by atoms with E-state index < -0.39 is 0 Å². The molecule has 1 aromatic carbocycles. The van der Waals surface area contributed by atoms with E-state index in [1.54, 1.807) is 0 Å². The number of benzene rings is 1. The van der Waals surface area contributed by atoms with E-state index in [-0.39, 0.29) is 0 Å². The van der Waals surface area contributed by atoms with Gasteiger partial charge in [0.1, 0.15) is 0 Å². The summed E-state index contributed by atoms with van der Waals surface area (Å²) in [5.41, 5.74) is 1.97. The van der Waals surface area contributed by atoms with E-state index in [4.69, 9.17) is 0 Å². The average molecular weight is 271 g/mol. The Morgan fingerprint density at radius 3 is 2.95 bits per heavy atom. The Morgan fingerprint density at radius 1 is 1.40 bits per heavy atom. The molecule has 2 rings (SSSR count). The van der Waals surface area contributed by atoms with Crippen LogP contribution in [0.3, 0.4) is 0 Å². The maximum atomic E-state index is 9.21. The van der Waals surface area contributed by atoms with Crippen LogP contribution in [-0.4, -0.2) is 30.6 Å². The number of hydrogen-bond acceptors (Lipinski definition) is 3. The van der Waals surface area contributed by atoms with Gasteiger partial charge < -0.3 is 5.32 Å². The number of nitrogens with one attached hydrogen (secondary N) is 1. The van der Waals surface area contributed by atoms with Crippen LogP contribution < -0.4 is 5.32 Å². The molecule has 108 valence electrons. The minimum Gasteiger partial charge on any atom is -0.313 e. The predicted octanol–water partition coefficient (Wildman–Crippen LogP) is 2.91. The summed E-state index contributed by atoms with van der Waals surface area (Å²) in [5.74, 6) is 0. The second-order valence-electron chi connectivity index (χ2n) is 5.65. The van der Waals surface area contributed by atoms with Gasteiger partial charge in [-0.1, -0.05) is 31.5 Å². The smallest absolute Gasteiger partial charge is 0.0995 e. The fraction of sp³-hybridized carbons (Fsp3) is 0.588. The molecule has 0 aliphatic carbocycles. The van der Waals surface area contributed by atoms with Gasteiger partial charge in [0.05, 0.1) is 11.6 Å². The zero-order chi connectivity index (χ0) is 14.2. The van der Waals surface area contributed by atoms with Gasteiger partial charge in [-0.2, -0.15) is 5.26 Å². The van der Waals surface area contributed by atoms with E-state index in [9.17, 15) is 5.26 Å². The van der Waals surface area contributed by atoms with Gasteiger partial charge in [0.25, 0.3) is 0 Å². The minimum absolute atomic E-state index is 0.626. The number of rotatable bonds is 7. The van der Waals surface area contributed by atoms with E-state index in [1.165, 1.54) is 25.7 Å². The van der Waals surface area contributed by atoms with Crippen LogP contribution in [0.2, 0.25) is 0 Å². The van der Waals surface area contributed by atoms with Crippen molar-refractivity contribution >= 4 is 0 Å². The van der Waals surface area contributed by atoms with E-state index in [0.29, 0.717) is 6.04 Å². The standard InChI is InChI=1S/C17H25N3/c1-2-3-11-20(14-17-9-6-10-19-17)13-16-8-5-4-7-15(16)12-18/h4-5,7-8,17,19H,2-3,6,9-11,13-14H2,1H3. The normalized spacial score (nSPS) is 18.4. The van der Waals surface area contributed by atoms with E-state index in [2.05, 4.69) is 29.3 Å². The van der Waals surface area contributed by atoms with Gasteiger partial charge in [0.2, 0.25) is 0 Å². The van der Waals surface area contributed by atoms with Crippen molar-refractivity contribution in [2.24, 2.45) is 0 Å². The Morgan fingerprint density at radius 2 is 2.25 bits per heavy atom. The molecule has 1 aliphatic rings. The molecule has 1 aliphatic heterocycles. The molecule has 0 saturated carbocycles. The number of nitriles is 1. The molecule has 1 heterocycles. The molecule has 3 nitrogen and oxygen atoms in total. The SMILES string of the molecule is CCCCN(Cc1ccccc1C#N)CC1CCCN1. The molecule has 1 fully saturated rings. The Labute approximate surface area is 122 Å². The van der Waals surface area contributed by atoms with Crippen LogP contribution in [0.1, 0.15) is 43.7 Å². The van der Waals surface area contributed by atoms with Crippen LogP contribution in [-0.2, 0) is 6.54 Å². The van der Waals surface area contributed by atoms with Gasteiger partial charge in [0.15, 0.2) is 0 Å². The zero-order valence-electron chi connectivity index (χ0n) is 12.4. The fourth-order valence-electron chi connectivity index (χ4n) is 2.85. The van der Waals surface area contributed by atoms with Crippen molar-refractivity contribution in [2.75, 3.05) is 19.6 Å². The Bertz CT molecular complexity index is 444. The molecule has 1 aromatic rings. The van der Waals surface area contributed by atoms with Crippen LogP contribution in [0.25, 0.3) is 0 Å². The number of nitrogens with zero attached hydrogens (tertiary/aromatic N) is 2. The first-order chi connectivity index (χ1) is 9.83. The molecule has 0 aromatic heterocycles. The summed E-state index contributed by atoms with van der Waals surface area (Å²) < 4.78 is 0. The van der Waals surface area contributed by atoms with E-state index >= 15 is 0 Å². The van der Waals surface area contributed by atoms with Crippen molar-refractivity contribution in [1.29, 1.82) is 5.26 Å². The lowest BCUT2D eigenvalue weighted by molar-refractivity contribution is 0.237. The lowest BCUT2D eigenvalue weighted by Gasteiger charge is -2.26. The largest absolute Gasteiger partial charge is 0.313 e. The molecule has 0 amide bonds. The fourth-order valence-corrected chi connectivity index (χ4v) is 2.85. The van der Waals surface area contributed by atoms with Crippen LogP contribution in [0.4, 0.5) is 0 Å². The Hall–Kier alpha value is -1.37. The minimum atomic E-state index is 0.626. The monoisotopic (exact) mass is 271 g/mol. The van der Waals surface area contributed by atoms with E-state index in [0.717, 1.165) is 37.3 Å². The third-order valence-electron chi connectivity index (χ3n) is 4.00. The summed E-state index contributed by atoms with van der Waals surface area (Å²) in [6, 6.07) is 10.9. The molecule has 3 heteroatoms. The molecule has 0 radical (unpaired) electrons. The maximum absolute atomic E-state index is 9.21. The van der Waals surface area contributed by atoms with E-state index in [1.807, 2.05) is 18.2 Å². The second kappa shape index (κ2) is 8.04. The Kier molecular flexibility index (Phi) is 6.04. The maximum Gasteiger partial charge on any atom is 0.0995 e. The van der Waals surface area contributed by atoms with Crippen molar-refractivity contribution in [3.8, 4) is 6.07 Å². The molecular weight excluding hydrogens is 246 g/mol. The lowest BCUT2D eigenvalue weighted by atomic mass is 10.1. The average Bonchev–Trinajstić information content (AvgIpc) is 2.98. The topological polar surface area (TPSA) is 39.1 Å². The van der Waals surface area contributed by atoms with Crippen molar-refractivity contribution in [3.63, 3.8) is 0 Å². The first-order valence-electron chi connectivity index (χ1n) is 7.77. The molecule has 0 bridgehead atoms. The van der Waals surface area contributed by atoms with Gasteiger partial charge in [0, 0.05) is 19.1 Å². The molecule has 1 saturated heterocycles. The molecular formula is C17H25N3. The summed E-state index contributed by atoms with van der Waals surface area (Å²) in [7, 11) is 0. The van der Waals surface area contributed by atoms with Crippen molar-refractivity contribution < 1.29 is 0 Å². The van der Waals surface area contributed by atoms with Crippen molar-refractivity contribution in [3.05, 3.63) is 35.4 Å². The van der Waals surface area contributed by atoms with Gasteiger partial charge in [-0.15, -0.1) is 0 Å². The lowest BCUT2D eigenvalue weighted by Crippen LogP contribution is -2.37. The first-order valence-corrected chi connectivity index (χ1v) is 7.77. The molecule has 0 spiro atoms. The molecule has 1 N–H and O–H groups in total. The van der Waals surface area contributed by atoms with Crippen LogP contribution in [0.15, 0.2) is 24.3 Å². The highest BCUT2D eigenvalue weighted by atomic mass is 15.2. The van der Waals surface area contributed by atoms with Gasteiger partial charge in [-0.25, -0.2) is 0 Å². The van der Waals surface area contributed by atoms with Crippen LogP contribution in [0, 0.1) is 11.3 Å². The van der Waals surface area contributed by atoms with Crippen molar-refractivity contribution in [1.82, 2.24) is 10.2 Å². The summed E-state index contributed by atoms with van der Waals surface area (Å²) >= 11 is 0.